The number of hydrogen-bond acceptors (Lipinski definition) is 4. The lowest BCUT2D eigenvalue weighted by molar-refractivity contribution is 0.123. The molecule has 0 aromatic rings. The van der Waals surface area contributed by atoms with Gasteiger partial charge >= 0.3 is 8.80 Å². The van der Waals surface area contributed by atoms with E-state index in [0.29, 0.717) is 0 Å². The van der Waals surface area contributed by atoms with Crippen molar-refractivity contribution in [2.75, 3.05) is 42.0 Å². The number of aliphatic imine (C=N–C) groups is 1. The molecule has 0 heterocycles. The number of hydrogen-bond donors (Lipinski definition) is 0. The Kier molecular flexibility index (Phi) is 7.57. The van der Waals surface area contributed by atoms with Gasteiger partial charge in [0.15, 0.2) is 0 Å². The van der Waals surface area contributed by atoms with E-state index < -0.39 is 8.80 Å². The fourth-order valence-electron chi connectivity index (χ4n) is 1.23. The van der Waals surface area contributed by atoms with Crippen LogP contribution < -0.4 is 0 Å². The lowest BCUT2D eigenvalue weighted by Crippen LogP contribution is -2.42. The van der Waals surface area contributed by atoms with Gasteiger partial charge in [-0.05, 0) is 13.3 Å². The molecule has 0 aromatic carbocycles. The Morgan fingerprint density at radius 3 is 2.00 bits per heavy atom. The smallest absolute Gasteiger partial charge is 0.377 e. The first-order valence-corrected chi connectivity index (χ1v) is 7.28. The molecule has 0 aliphatic rings. The predicted octanol–water partition coefficient (Wildman–Crippen LogP) is 1.23. The molecule has 0 atom stereocenters. The third-order valence-corrected chi connectivity index (χ3v) is 5.39. The predicted molar refractivity (Wildman–Crippen MR) is 67.9 cm³/mol. The summed E-state index contributed by atoms with van der Waals surface area (Å²) < 4.78 is 16.0. The van der Waals surface area contributed by atoms with E-state index in [4.69, 9.17) is 13.3 Å². The molecule has 96 valence electrons. The van der Waals surface area contributed by atoms with Crippen LogP contribution in [-0.4, -0.2) is 61.5 Å². The third-order valence-electron chi connectivity index (χ3n) is 2.56. The standard InChI is InChI=1S/C10H24N2O3Si/c1-10(12(2)3)11-8-7-9-16(13-4,14-5)15-6/h7-9H2,1-6H3. The highest BCUT2D eigenvalue weighted by atomic mass is 28.4. The van der Waals surface area contributed by atoms with E-state index in [1.54, 1.807) is 21.3 Å². The second kappa shape index (κ2) is 7.78. The van der Waals surface area contributed by atoms with Crippen LogP contribution >= 0.6 is 0 Å². The quantitative estimate of drug-likeness (QED) is 0.294. The molecule has 0 saturated carbocycles. The zero-order valence-electron chi connectivity index (χ0n) is 11.2. The number of amidine groups is 1. The van der Waals surface area contributed by atoms with Gasteiger partial charge in [0.2, 0.25) is 0 Å². The van der Waals surface area contributed by atoms with Crippen LogP contribution in [0.15, 0.2) is 4.99 Å². The molecule has 0 aliphatic carbocycles. The Bertz CT molecular complexity index is 210. The maximum absolute atomic E-state index is 5.33. The summed E-state index contributed by atoms with van der Waals surface area (Å²) in [4.78, 5) is 6.42. The molecule has 0 N–H and O–H groups in total. The van der Waals surface area contributed by atoms with Crippen LogP contribution in [0.1, 0.15) is 13.3 Å². The van der Waals surface area contributed by atoms with E-state index in [0.717, 1.165) is 24.8 Å². The van der Waals surface area contributed by atoms with Gasteiger partial charge < -0.3 is 18.2 Å². The van der Waals surface area contributed by atoms with Crippen LogP contribution in [0.3, 0.4) is 0 Å². The summed E-state index contributed by atoms with van der Waals surface area (Å²) in [6.45, 7) is 2.77. The van der Waals surface area contributed by atoms with Crippen molar-refractivity contribution in [3.63, 3.8) is 0 Å². The van der Waals surface area contributed by atoms with E-state index in [-0.39, 0.29) is 0 Å². The highest BCUT2D eigenvalue weighted by Gasteiger charge is 2.36. The van der Waals surface area contributed by atoms with Gasteiger partial charge in [-0.3, -0.25) is 4.99 Å². The van der Waals surface area contributed by atoms with Crippen molar-refractivity contribution >= 4 is 14.6 Å². The van der Waals surface area contributed by atoms with Gasteiger partial charge in [0.05, 0.1) is 5.84 Å². The maximum Gasteiger partial charge on any atom is 0.500 e. The second-order valence-corrected chi connectivity index (χ2v) is 6.81. The van der Waals surface area contributed by atoms with Crippen molar-refractivity contribution < 1.29 is 13.3 Å². The normalized spacial score (nSPS) is 13.0. The summed E-state index contributed by atoms with van der Waals surface area (Å²) >= 11 is 0. The van der Waals surface area contributed by atoms with Crippen molar-refractivity contribution in [1.29, 1.82) is 0 Å². The molecule has 0 unspecified atom stereocenters. The third kappa shape index (κ3) is 5.07. The molecule has 6 heteroatoms. The molecule has 0 spiro atoms. The lowest BCUT2D eigenvalue weighted by atomic mass is 10.5. The van der Waals surface area contributed by atoms with Crippen molar-refractivity contribution in [3.8, 4) is 0 Å². The largest absolute Gasteiger partial charge is 0.500 e. The van der Waals surface area contributed by atoms with Gasteiger partial charge in [-0.25, -0.2) is 0 Å². The first-order chi connectivity index (χ1) is 7.51. The lowest BCUT2D eigenvalue weighted by Gasteiger charge is -2.23. The highest BCUT2D eigenvalue weighted by Crippen LogP contribution is 2.14. The minimum atomic E-state index is -2.40. The summed E-state index contributed by atoms with van der Waals surface area (Å²) in [5.41, 5.74) is 0. The van der Waals surface area contributed by atoms with Gasteiger partial charge in [-0.15, -0.1) is 0 Å². The first kappa shape index (κ1) is 15.6. The molecule has 16 heavy (non-hydrogen) atoms. The summed E-state index contributed by atoms with van der Waals surface area (Å²) in [5.74, 6) is 1.03. The Morgan fingerprint density at radius 1 is 1.12 bits per heavy atom. The second-order valence-electron chi connectivity index (χ2n) is 3.72. The molecule has 0 bridgehead atoms. The molecule has 0 rings (SSSR count). The van der Waals surface area contributed by atoms with Gasteiger partial charge in [-0.2, -0.15) is 0 Å². The van der Waals surface area contributed by atoms with Crippen LogP contribution in [0.4, 0.5) is 0 Å². The SMILES string of the molecule is CO[Si](CCCN=C(C)N(C)C)(OC)OC. The summed E-state index contributed by atoms with van der Waals surface area (Å²) in [6, 6.07) is 0.792. The van der Waals surface area contributed by atoms with Crippen LogP contribution in [0.2, 0.25) is 6.04 Å². The molecule has 0 amide bonds. The van der Waals surface area contributed by atoms with E-state index in [2.05, 4.69) is 4.99 Å². The van der Waals surface area contributed by atoms with Crippen LogP contribution in [0.5, 0.6) is 0 Å². The van der Waals surface area contributed by atoms with Crippen LogP contribution in [0, 0.1) is 0 Å². The Morgan fingerprint density at radius 2 is 1.62 bits per heavy atom. The molecular weight excluding hydrogens is 224 g/mol. The first-order valence-electron chi connectivity index (χ1n) is 5.35. The molecule has 0 aromatic heterocycles. The van der Waals surface area contributed by atoms with Crippen molar-refractivity contribution in [3.05, 3.63) is 0 Å². The molecule has 5 nitrogen and oxygen atoms in total. The number of rotatable bonds is 7. The summed E-state index contributed by atoms with van der Waals surface area (Å²) in [5, 5.41) is 0. The van der Waals surface area contributed by atoms with Crippen molar-refractivity contribution in [1.82, 2.24) is 4.90 Å². The topological polar surface area (TPSA) is 43.3 Å². The fourth-order valence-corrected chi connectivity index (χ4v) is 2.94. The molecular formula is C10H24N2O3Si. The van der Waals surface area contributed by atoms with Gasteiger partial charge in [0, 0.05) is 48.0 Å². The van der Waals surface area contributed by atoms with E-state index in [1.807, 2.05) is 25.9 Å². The van der Waals surface area contributed by atoms with Gasteiger partial charge in [-0.1, -0.05) is 0 Å². The minimum absolute atomic E-state index is 0.773. The molecule has 0 aliphatic heterocycles. The molecule has 0 radical (unpaired) electrons. The van der Waals surface area contributed by atoms with Crippen LogP contribution in [0.25, 0.3) is 0 Å². The summed E-state index contributed by atoms with van der Waals surface area (Å²) in [7, 11) is 6.46. The van der Waals surface area contributed by atoms with Gasteiger partial charge in [0.1, 0.15) is 0 Å². The number of nitrogens with zero attached hydrogens (tertiary/aromatic N) is 2. The average Bonchev–Trinajstić information content (AvgIpc) is 2.30. The minimum Gasteiger partial charge on any atom is -0.377 e. The molecule has 0 fully saturated rings. The van der Waals surface area contributed by atoms with E-state index in [9.17, 15) is 0 Å². The monoisotopic (exact) mass is 248 g/mol. The Hall–Kier alpha value is -0.433. The van der Waals surface area contributed by atoms with E-state index >= 15 is 0 Å². The summed E-state index contributed by atoms with van der Waals surface area (Å²) in [6.07, 6.45) is 0.910. The highest BCUT2D eigenvalue weighted by molar-refractivity contribution is 6.60. The van der Waals surface area contributed by atoms with Crippen molar-refractivity contribution in [2.24, 2.45) is 4.99 Å². The zero-order valence-corrected chi connectivity index (χ0v) is 12.2. The van der Waals surface area contributed by atoms with Gasteiger partial charge in [0.25, 0.3) is 0 Å². The average molecular weight is 248 g/mol. The van der Waals surface area contributed by atoms with E-state index in [1.165, 1.54) is 0 Å². The van der Waals surface area contributed by atoms with Crippen LogP contribution in [-0.2, 0) is 13.3 Å². The molecule has 0 saturated heterocycles. The fraction of sp³-hybridized carbons (Fsp3) is 0.900. The van der Waals surface area contributed by atoms with Crippen molar-refractivity contribution in [2.45, 2.75) is 19.4 Å². The Balaban J connectivity index is 4.01. The zero-order chi connectivity index (χ0) is 12.6. The Labute approximate surface area is 99.8 Å². The maximum atomic E-state index is 5.33.